The first kappa shape index (κ1) is 29.8. The second-order valence-corrected chi connectivity index (χ2v) is 10.4. The van der Waals surface area contributed by atoms with Crippen molar-refractivity contribution in [1.82, 2.24) is 20.1 Å². The lowest BCUT2D eigenvalue weighted by Crippen LogP contribution is -2.36. The molecular weight excluding hydrogens is 576 g/mol. The Bertz CT molecular complexity index is 1680. The molecule has 1 unspecified atom stereocenters. The van der Waals surface area contributed by atoms with Crippen molar-refractivity contribution in [2.75, 3.05) is 0 Å². The molecule has 3 N–H and O–H groups in total. The highest BCUT2D eigenvalue weighted by molar-refractivity contribution is 5.94. The average molecular weight is 602 g/mol. The molecule has 0 bridgehead atoms. The van der Waals surface area contributed by atoms with E-state index in [1.54, 1.807) is 12.1 Å². The Hall–Kier alpha value is -4.68. The van der Waals surface area contributed by atoms with Gasteiger partial charge in [0.05, 0.1) is 17.3 Å². The Kier molecular flexibility index (Phi) is 8.00. The van der Waals surface area contributed by atoms with Gasteiger partial charge in [-0.05, 0) is 73.7 Å². The SMILES string of the molecule is CC(C(=O)N[C@@H](Cc1cc(F)cc(F)c1)c1ncccc1-c1ccc(F)c(C(N)=O)c1)n1nc(C(F)(F)F)cc1C1CC1. The Morgan fingerprint density at radius 1 is 1.05 bits per heavy atom. The summed E-state index contributed by atoms with van der Waals surface area (Å²) in [5.74, 6) is -4.46. The number of hydrogen-bond donors (Lipinski definition) is 2. The van der Waals surface area contributed by atoms with Crippen molar-refractivity contribution in [3.63, 3.8) is 0 Å². The van der Waals surface area contributed by atoms with Gasteiger partial charge in [-0.2, -0.15) is 18.3 Å². The van der Waals surface area contributed by atoms with Gasteiger partial charge in [0.15, 0.2) is 5.69 Å². The maximum Gasteiger partial charge on any atom is 0.435 e. The number of hydrogen-bond acceptors (Lipinski definition) is 4. The van der Waals surface area contributed by atoms with Crippen LogP contribution in [0.25, 0.3) is 11.1 Å². The number of amides is 2. The fourth-order valence-corrected chi connectivity index (χ4v) is 4.95. The molecule has 7 nitrogen and oxygen atoms in total. The fraction of sp³-hybridized carbons (Fsp3) is 0.267. The van der Waals surface area contributed by atoms with E-state index in [-0.39, 0.29) is 34.9 Å². The van der Waals surface area contributed by atoms with Gasteiger partial charge in [0.1, 0.15) is 23.5 Å². The molecule has 4 aromatic rings. The van der Waals surface area contributed by atoms with Crippen LogP contribution < -0.4 is 11.1 Å². The summed E-state index contributed by atoms with van der Waals surface area (Å²) in [7, 11) is 0. The van der Waals surface area contributed by atoms with E-state index in [0.717, 1.165) is 28.9 Å². The summed E-state index contributed by atoms with van der Waals surface area (Å²) in [5.41, 5.74) is 5.09. The molecule has 13 heteroatoms. The molecule has 1 aliphatic rings. The lowest BCUT2D eigenvalue weighted by molar-refractivity contribution is -0.142. The standard InChI is InChI=1S/C30H25F6N5O2/c1-15(41-25(17-4-5-17)14-26(40-41)30(34,35)36)29(43)39-24(11-16-9-19(31)13-20(32)10-16)27-21(3-2-8-38-27)18-6-7-23(33)22(12-18)28(37)42/h2-3,6-10,12-15,17,24H,4-5,11H2,1H3,(H2,37,42)(H,39,43)/t15?,24-/m0/s1. The third-order valence-electron chi connectivity index (χ3n) is 7.19. The van der Waals surface area contributed by atoms with E-state index in [2.05, 4.69) is 15.4 Å². The third kappa shape index (κ3) is 6.55. The van der Waals surface area contributed by atoms with Crippen LogP contribution in [-0.2, 0) is 17.4 Å². The van der Waals surface area contributed by atoms with Crippen LogP contribution in [0.4, 0.5) is 26.3 Å². The van der Waals surface area contributed by atoms with Gasteiger partial charge < -0.3 is 11.1 Å². The average Bonchev–Trinajstić information content (AvgIpc) is 3.68. The summed E-state index contributed by atoms with van der Waals surface area (Å²) in [6.45, 7) is 1.39. The van der Waals surface area contributed by atoms with Gasteiger partial charge >= 0.3 is 6.18 Å². The largest absolute Gasteiger partial charge is 0.435 e. The number of nitrogens with zero attached hydrogens (tertiary/aromatic N) is 3. The lowest BCUT2D eigenvalue weighted by atomic mass is 9.94. The van der Waals surface area contributed by atoms with E-state index in [1.165, 1.54) is 25.3 Å². The molecule has 1 fully saturated rings. The van der Waals surface area contributed by atoms with E-state index in [9.17, 15) is 35.9 Å². The van der Waals surface area contributed by atoms with Gasteiger partial charge in [-0.1, -0.05) is 12.1 Å². The molecule has 0 aliphatic heterocycles. The van der Waals surface area contributed by atoms with E-state index in [4.69, 9.17) is 5.73 Å². The molecular formula is C30H25F6N5O2. The summed E-state index contributed by atoms with van der Waals surface area (Å²) < 4.78 is 83.9. The Morgan fingerprint density at radius 2 is 1.74 bits per heavy atom. The number of pyridine rings is 1. The van der Waals surface area contributed by atoms with Crippen molar-refractivity contribution < 1.29 is 35.9 Å². The molecule has 2 atom stereocenters. The van der Waals surface area contributed by atoms with Gasteiger partial charge in [-0.3, -0.25) is 19.3 Å². The minimum atomic E-state index is -4.71. The first-order valence-corrected chi connectivity index (χ1v) is 13.3. The van der Waals surface area contributed by atoms with E-state index in [1.807, 2.05) is 0 Å². The maximum absolute atomic E-state index is 14.2. The monoisotopic (exact) mass is 601 g/mol. The molecule has 2 heterocycles. The number of aromatic nitrogens is 3. The summed E-state index contributed by atoms with van der Waals surface area (Å²) in [6.07, 6.45) is -2.17. The van der Waals surface area contributed by atoms with E-state index in [0.29, 0.717) is 30.0 Å². The summed E-state index contributed by atoms with van der Waals surface area (Å²) in [4.78, 5) is 29.8. The number of nitrogens with one attached hydrogen (secondary N) is 1. The van der Waals surface area contributed by atoms with Gasteiger partial charge in [0.25, 0.3) is 5.91 Å². The quantitative estimate of drug-likeness (QED) is 0.229. The molecule has 2 aromatic carbocycles. The number of alkyl halides is 3. The zero-order valence-corrected chi connectivity index (χ0v) is 22.6. The lowest BCUT2D eigenvalue weighted by Gasteiger charge is -2.24. The molecule has 5 rings (SSSR count). The van der Waals surface area contributed by atoms with Crippen molar-refractivity contribution in [1.29, 1.82) is 0 Å². The predicted molar refractivity (Wildman–Crippen MR) is 143 cm³/mol. The van der Waals surface area contributed by atoms with Crippen LogP contribution in [0.2, 0.25) is 0 Å². The number of nitrogens with two attached hydrogens (primary N) is 1. The molecule has 43 heavy (non-hydrogen) atoms. The van der Waals surface area contributed by atoms with Crippen LogP contribution in [0.3, 0.4) is 0 Å². The highest BCUT2D eigenvalue weighted by Crippen LogP contribution is 2.43. The zero-order valence-electron chi connectivity index (χ0n) is 22.6. The number of primary amides is 1. The second-order valence-electron chi connectivity index (χ2n) is 10.4. The van der Waals surface area contributed by atoms with Gasteiger partial charge in [0.2, 0.25) is 5.91 Å². The van der Waals surface area contributed by atoms with Crippen LogP contribution in [0.1, 0.15) is 70.8 Å². The molecule has 1 aliphatic carbocycles. The number of carbonyl (C=O) groups is 2. The first-order valence-electron chi connectivity index (χ1n) is 13.3. The number of benzene rings is 2. The van der Waals surface area contributed by atoms with E-state index >= 15 is 0 Å². The highest BCUT2D eigenvalue weighted by atomic mass is 19.4. The summed E-state index contributed by atoms with van der Waals surface area (Å²) >= 11 is 0. The van der Waals surface area contributed by atoms with Gasteiger partial charge in [-0.25, -0.2) is 13.2 Å². The fourth-order valence-electron chi connectivity index (χ4n) is 4.95. The van der Waals surface area contributed by atoms with Crippen LogP contribution in [-0.4, -0.2) is 26.6 Å². The third-order valence-corrected chi connectivity index (χ3v) is 7.19. The van der Waals surface area contributed by atoms with Crippen molar-refractivity contribution in [2.24, 2.45) is 5.73 Å². The maximum atomic E-state index is 14.2. The van der Waals surface area contributed by atoms with Crippen LogP contribution in [0, 0.1) is 17.5 Å². The Morgan fingerprint density at radius 3 is 2.37 bits per heavy atom. The number of halogens is 6. The van der Waals surface area contributed by atoms with Crippen LogP contribution in [0.5, 0.6) is 0 Å². The van der Waals surface area contributed by atoms with E-state index < -0.39 is 53.2 Å². The van der Waals surface area contributed by atoms with Crippen LogP contribution >= 0.6 is 0 Å². The molecule has 2 aromatic heterocycles. The van der Waals surface area contributed by atoms with Gasteiger partial charge in [0, 0.05) is 29.4 Å². The van der Waals surface area contributed by atoms with Gasteiger partial charge in [-0.15, -0.1) is 0 Å². The molecule has 1 saturated carbocycles. The van der Waals surface area contributed by atoms with Crippen molar-refractivity contribution >= 4 is 11.8 Å². The predicted octanol–water partition coefficient (Wildman–Crippen LogP) is 6.02. The highest BCUT2D eigenvalue weighted by Gasteiger charge is 2.39. The molecule has 0 spiro atoms. The Balaban J connectivity index is 1.55. The summed E-state index contributed by atoms with van der Waals surface area (Å²) in [6, 6.07) is 8.27. The smallest absolute Gasteiger partial charge is 0.366 e. The first-order chi connectivity index (χ1) is 20.3. The van der Waals surface area contributed by atoms with Crippen LogP contribution in [0.15, 0.2) is 60.8 Å². The Labute approximate surface area is 241 Å². The number of carbonyl (C=O) groups excluding carboxylic acids is 2. The minimum Gasteiger partial charge on any atom is -0.366 e. The molecule has 0 radical (unpaired) electrons. The molecule has 224 valence electrons. The number of rotatable bonds is 9. The van der Waals surface area contributed by atoms with Crippen molar-refractivity contribution in [2.45, 2.75) is 50.4 Å². The van der Waals surface area contributed by atoms with Crippen molar-refractivity contribution in [3.8, 4) is 11.1 Å². The molecule has 2 amide bonds. The second kappa shape index (κ2) is 11.5. The summed E-state index contributed by atoms with van der Waals surface area (Å²) in [5, 5.41) is 6.45. The minimum absolute atomic E-state index is 0.154. The topological polar surface area (TPSA) is 103 Å². The normalized spacial score (nSPS) is 14.8. The van der Waals surface area contributed by atoms with Crippen molar-refractivity contribution in [3.05, 3.63) is 106 Å². The molecule has 0 saturated heterocycles. The zero-order chi connectivity index (χ0) is 31.1.